The van der Waals surface area contributed by atoms with Crippen LogP contribution in [0.25, 0.3) is 0 Å². The molecule has 1 aliphatic carbocycles. The third-order valence-corrected chi connectivity index (χ3v) is 5.90. The van der Waals surface area contributed by atoms with Crippen LogP contribution in [0.5, 0.6) is 0 Å². The maximum atomic E-state index is 12.3. The first-order chi connectivity index (χ1) is 9.85. The fourth-order valence-electron chi connectivity index (χ4n) is 2.90. The monoisotopic (exact) mass is 311 g/mol. The lowest BCUT2D eigenvalue weighted by Crippen LogP contribution is -2.45. The van der Waals surface area contributed by atoms with Crippen LogP contribution < -0.4 is 4.72 Å². The molecule has 0 heterocycles. The molecule has 0 atom stereocenters. The van der Waals surface area contributed by atoms with E-state index in [0.717, 1.165) is 24.8 Å². The highest BCUT2D eigenvalue weighted by Gasteiger charge is 2.33. The molecule has 0 bridgehead atoms. The first kappa shape index (κ1) is 16.5. The highest BCUT2D eigenvalue weighted by Crippen LogP contribution is 2.33. The van der Waals surface area contributed by atoms with Crippen molar-refractivity contribution in [3.8, 4) is 0 Å². The molecule has 4 nitrogen and oxygen atoms in total. The fraction of sp³-hybridized carbons (Fsp3) is 0.625. The number of rotatable bonds is 5. The van der Waals surface area contributed by atoms with Crippen molar-refractivity contribution in [2.75, 3.05) is 6.54 Å². The van der Waals surface area contributed by atoms with Crippen LogP contribution >= 0.6 is 0 Å². The lowest BCUT2D eigenvalue weighted by molar-refractivity contribution is -0.00442. The first-order valence-corrected chi connectivity index (χ1v) is 9.12. The van der Waals surface area contributed by atoms with E-state index in [1.165, 1.54) is 0 Å². The quantitative estimate of drug-likeness (QED) is 0.878. The van der Waals surface area contributed by atoms with Crippen LogP contribution in [0.1, 0.15) is 44.6 Å². The van der Waals surface area contributed by atoms with E-state index in [4.69, 9.17) is 0 Å². The number of aryl methyl sites for hydroxylation is 1. The molecule has 0 spiro atoms. The van der Waals surface area contributed by atoms with Crippen LogP contribution in [-0.4, -0.2) is 25.7 Å². The van der Waals surface area contributed by atoms with Crippen molar-refractivity contribution in [3.05, 3.63) is 29.8 Å². The van der Waals surface area contributed by atoms with Gasteiger partial charge < -0.3 is 5.11 Å². The van der Waals surface area contributed by atoms with Gasteiger partial charge in [-0.2, -0.15) is 0 Å². The molecule has 0 radical (unpaired) electrons. The predicted molar refractivity (Wildman–Crippen MR) is 83.6 cm³/mol. The van der Waals surface area contributed by atoms with Crippen molar-refractivity contribution in [1.29, 1.82) is 0 Å². The van der Waals surface area contributed by atoms with Crippen LogP contribution in [0.4, 0.5) is 0 Å². The molecule has 1 aliphatic rings. The normalized spacial score (nSPS) is 26.7. The average molecular weight is 311 g/mol. The van der Waals surface area contributed by atoms with E-state index in [-0.39, 0.29) is 11.4 Å². The van der Waals surface area contributed by atoms with Gasteiger partial charge in [-0.05, 0) is 56.2 Å². The van der Waals surface area contributed by atoms with Gasteiger partial charge >= 0.3 is 0 Å². The minimum atomic E-state index is -3.55. The van der Waals surface area contributed by atoms with Gasteiger partial charge in [-0.15, -0.1) is 0 Å². The molecule has 0 aromatic heterocycles. The third kappa shape index (κ3) is 4.28. The second-order valence-corrected chi connectivity index (χ2v) is 7.98. The number of aliphatic hydroxyl groups is 1. The van der Waals surface area contributed by atoms with E-state index in [1.54, 1.807) is 18.2 Å². The number of benzene rings is 1. The lowest BCUT2D eigenvalue weighted by atomic mass is 9.78. The van der Waals surface area contributed by atoms with Gasteiger partial charge in [0, 0.05) is 6.54 Å². The maximum absolute atomic E-state index is 12.3. The Morgan fingerprint density at radius 3 is 2.57 bits per heavy atom. The van der Waals surface area contributed by atoms with E-state index in [2.05, 4.69) is 11.6 Å². The molecular formula is C16H25NO3S. The van der Waals surface area contributed by atoms with E-state index < -0.39 is 15.6 Å². The topological polar surface area (TPSA) is 66.4 Å². The summed E-state index contributed by atoms with van der Waals surface area (Å²) in [6.45, 7) is 4.12. The summed E-state index contributed by atoms with van der Waals surface area (Å²) in [5, 5.41) is 10.5. The number of sulfonamides is 1. The molecule has 0 aliphatic heterocycles. The highest BCUT2D eigenvalue weighted by molar-refractivity contribution is 7.89. The molecule has 1 saturated carbocycles. The highest BCUT2D eigenvalue weighted by atomic mass is 32.2. The van der Waals surface area contributed by atoms with Crippen LogP contribution in [0, 0.1) is 12.8 Å². The molecule has 2 N–H and O–H groups in total. The van der Waals surface area contributed by atoms with E-state index in [9.17, 15) is 13.5 Å². The summed E-state index contributed by atoms with van der Waals surface area (Å²) >= 11 is 0. The summed E-state index contributed by atoms with van der Waals surface area (Å²) in [5.41, 5.74) is 0.00258. The zero-order chi connectivity index (χ0) is 15.5. The van der Waals surface area contributed by atoms with E-state index in [1.807, 2.05) is 13.0 Å². The molecule has 1 aromatic carbocycles. The van der Waals surface area contributed by atoms with Crippen molar-refractivity contribution >= 4 is 10.0 Å². The van der Waals surface area contributed by atoms with Gasteiger partial charge in [0.2, 0.25) is 10.0 Å². The zero-order valence-electron chi connectivity index (χ0n) is 12.8. The Hall–Kier alpha value is -0.910. The molecule has 0 saturated heterocycles. The minimum Gasteiger partial charge on any atom is -0.389 e. The Balaban J connectivity index is 1.99. The standard InChI is InChI=1S/C16H25NO3S/c1-3-14-7-9-16(18,10-8-14)12-17-21(19,20)15-6-4-5-13(2)11-15/h4-6,11,14,17-18H,3,7-10,12H2,1-2H3. The Morgan fingerprint density at radius 2 is 2.00 bits per heavy atom. The molecule has 1 fully saturated rings. The molecule has 0 unspecified atom stereocenters. The summed E-state index contributed by atoms with van der Waals surface area (Å²) in [5.74, 6) is 0.665. The molecular weight excluding hydrogens is 286 g/mol. The van der Waals surface area contributed by atoms with Crippen LogP contribution in [-0.2, 0) is 10.0 Å². The Bertz CT molecular complexity index is 575. The van der Waals surface area contributed by atoms with Gasteiger partial charge in [0.15, 0.2) is 0 Å². The van der Waals surface area contributed by atoms with Crippen molar-refractivity contribution in [2.45, 2.75) is 56.4 Å². The average Bonchev–Trinajstić information content (AvgIpc) is 2.46. The SMILES string of the molecule is CCC1CCC(O)(CNS(=O)(=O)c2cccc(C)c2)CC1. The number of nitrogens with one attached hydrogen (secondary N) is 1. The second-order valence-electron chi connectivity index (χ2n) is 6.22. The third-order valence-electron chi connectivity index (χ3n) is 4.50. The number of hydrogen-bond acceptors (Lipinski definition) is 3. The zero-order valence-corrected chi connectivity index (χ0v) is 13.6. The van der Waals surface area contributed by atoms with Gasteiger partial charge in [-0.1, -0.05) is 25.5 Å². The molecule has 2 rings (SSSR count). The van der Waals surface area contributed by atoms with Crippen molar-refractivity contribution < 1.29 is 13.5 Å². The number of hydrogen-bond donors (Lipinski definition) is 2. The predicted octanol–water partition coefficient (Wildman–Crippen LogP) is 2.60. The Kier molecular flexibility index (Phi) is 5.07. The van der Waals surface area contributed by atoms with Crippen molar-refractivity contribution in [3.63, 3.8) is 0 Å². The van der Waals surface area contributed by atoms with Crippen LogP contribution in [0.3, 0.4) is 0 Å². The van der Waals surface area contributed by atoms with Gasteiger partial charge in [-0.25, -0.2) is 13.1 Å². The van der Waals surface area contributed by atoms with E-state index >= 15 is 0 Å². The van der Waals surface area contributed by atoms with Gasteiger partial charge in [0.1, 0.15) is 0 Å². The first-order valence-electron chi connectivity index (χ1n) is 7.63. The smallest absolute Gasteiger partial charge is 0.240 e. The largest absolute Gasteiger partial charge is 0.389 e. The summed E-state index contributed by atoms with van der Waals surface area (Å²) < 4.78 is 27.1. The second kappa shape index (κ2) is 6.46. The lowest BCUT2D eigenvalue weighted by Gasteiger charge is -2.35. The molecule has 118 valence electrons. The maximum Gasteiger partial charge on any atom is 0.240 e. The Labute approximate surface area is 127 Å². The molecule has 1 aromatic rings. The van der Waals surface area contributed by atoms with Crippen molar-refractivity contribution in [2.24, 2.45) is 5.92 Å². The van der Waals surface area contributed by atoms with Crippen LogP contribution in [0.15, 0.2) is 29.2 Å². The van der Waals surface area contributed by atoms with E-state index in [0.29, 0.717) is 18.8 Å². The fourth-order valence-corrected chi connectivity index (χ4v) is 4.12. The van der Waals surface area contributed by atoms with Crippen LogP contribution in [0.2, 0.25) is 0 Å². The summed E-state index contributed by atoms with van der Waals surface area (Å²) in [7, 11) is -3.55. The summed E-state index contributed by atoms with van der Waals surface area (Å²) in [4.78, 5) is 0.258. The van der Waals surface area contributed by atoms with Crippen molar-refractivity contribution in [1.82, 2.24) is 4.72 Å². The molecule has 0 amide bonds. The molecule has 5 heteroatoms. The van der Waals surface area contributed by atoms with Gasteiger partial charge in [0.25, 0.3) is 0 Å². The van der Waals surface area contributed by atoms with Gasteiger partial charge in [0.05, 0.1) is 10.5 Å². The van der Waals surface area contributed by atoms with Gasteiger partial charge in [-0.3, -0.25) is 0 Å². The summed E-state index contributed by atoms with van der Waals surface area (Å²) in [6.07, 6.45) is 4.41. The summed E-state index contributed by atoms with van der Waals surface area (Å²) in [6, 6.07) is 6.80. The molecule has 21 heavy (non-hydrogen) atoms. The minimum absolute atomic E-state index is 0.0969. The Morgan fingerprint density at radius 1 is 1.33 bits per heavy atom.